The first-order valence-electron chi connectivity index (χ1n) is 17.6. The zero-order valence-corrected chi connectivity index (χ0v) is 37.9. The quantitative estimate of drug-likeness (QED) is 0.0126. The van der Waals surface area contributed by atoms with Crippen molar-refractivity contribution in [1.29, 1.82) is 0 Å². The third-order valence-corrected chi connectivity index (χ3v) is 13.0. The van der Waals surface area contributed by atoms with Gasteiger partial charge in [0.2, 0.25) is 0 Å². The van der Waals surface area contributed by atoms with Gasteiger partial charge < -0.3 is 26.3 Å². The van der Waals surface area contributed by atoms with Crippen LogP contribution in [-0.2, 0) is 78.7 Å². The van der Waals surface area contributed by atoms with Gasteiger partial charge in [0.05, 0.1) is 57.3 Å². The number of nitrogens with zero attached hydrogens (tertiary/aromatic N) is 7. The first-order valence-corrected chi connectivity index (χ1v) is 25.1. The number of anilines is 3. The SMILES string of the molecule is C=COON(OOC=C)c1ccc(N=Nc2c(N)c(N=Nc3ccc(S(=O)(=O)CCOS(=O)(=O)O)cc3)c(N)c(N=Nc3ccc(S(=O)(=O)CCOS(=O)(=O)O)cc3)c2C(=O)O)c(S(=O)(=O)O)c1. The Hall–Kier alpha value is -6.90. The Bertz CT molecular complexity index is 3210. The maximum atomic E-state index is 12.9. The summed E-state index contributed by atoms with van der Waals surface area (Å²) in [4.78, 5) is 29.8. The number of hydrogen-bond donors (Lipinski definition) is 6. The van der Waals surface area contributed by atoms with Crippen molar-refractivity contribution in [3.63, 3.8) is 0 Å². The fourth-order valence-corrected chi connectivity index (χ4v) is 8.53. The smallest absolute Gasteiger partial charge is 0.397 e. The third-order valence-electron chi connectivity index (χ3n) is 7.85. The molecule has 0 aliphatic carbocycles. The number of sulfone groups is 2. The van der Waals surface area contributed by atoms with Crippen molar-refractivity contribution in [2.45, 2.75) is 14.7 Å². The van der Waals surface area contributed by atoms with Gasteiger partial charge in [-0.3, -0.25) is 13.7 Å². The maximum Gasteiger partial charge on any atom is 0.397 e. The standard InChI is InChI=1S/C33H33N9O21S5/c1-3-58-62-42(63-59-4-2)22-9-14-25(26(19-22)66(49,50)51)38-40-31-27(33(43)44)30(39-36-20-5-10-23(11-6-20)64(45,46)17-15-60-67(52,53)54)28(34)32(29(31)35)41-37-21-7-12-24(13-8-21)65(47,48)18-16-61-68(55,56)57/h3-14,19H,1-2,15-18,34-35H2,(H,43,44)(H,49,50,51)(H,52,53,54)(H,55,56,57). The lowest BCUT2D eigenvalue weighted by Crippen LogP contribution is -2.23. The Kier molecular flexibility index (Phi) is 17.6. The lowest BCUT2D eigenvalue weighted by molar-refractivity contribution is -0.403. The third kappa shape index (κ3) is 15.1. The Labute approximate surface area is 384 Å². The van der Waals surface area contributed by atoms with Crippen LogP contribution in [0.1, 0.15) is 10.4 Å². The summed E-state index contributed by atoms with van der Waals surface area (Å²) in [5.74, 6) is -3.59. The lowest BCUT2D eigenvalue weighted by Gasteiger charge is -2.17. The van der Waals surface area contributed by atoms with Crippen LogP contribution < -0.4 is 16.7 Å². The molecule has 0 fully saturated rings. The van der Waals surface area contributed by atoms with Crippen molar-refractivity contribution in [2.75, 3.05) is 41.4 Å². The molecule has 0 bridgehead atoms. The molecule has 68 heavy (non-hydrogen) atoms. The molecule has 0 unspecified atom stereocenters. The van der Waals surface area contributed by atoms with E-state index in [-0.39, 0.29) is 26.9 Å². The van der Waals surface area contributed by atoms with Gasteiger partial charge >= 0.3 is 26.8 Å². The number of aromatic carboxylic acids is 1. The van der Waals surface area contributed by atoms with Gasteiger partial charge in [-0.15, -0.1) is 20.5 Å². The maximum absolute atomic E-state index is 12.9. The molecule has 366 valence electrons. The average Bonchev–Trinajstić information content (AvgIpc) is 3.24. The predicted molar refractivity (Wildman–Crippen MR) is 230 cm³/mol. The lowest BCUT2D eigenvalue weighted by atomic mass is 10.1. The highest BCUT2D eigenvalue weighted by Gasteiger charge is 2.28. The molecule has 0 saturated carbocycles. The van der Waals surface area contributed by atoms with Gasteiger partial charge in [-0.2, -0.15) is 35.5 Å². The molecule has 0 radical (unpaired) electrons. The fourth-order valence-electron chi connectivity index (χ4n) is 4.91. The van der Waals surface area contributed by atoms with E-state index in [4.69, 9.17) is 30.5 Å². The Morgan fingerprint density at radius 3 is 1.40 bits per heavy atom. The van der Waals surface area contributed by atoms with E-state index in [0.29, 0.717) is 11.3 Å². The van der Waals surface area contributed by atoms with Crippen molar-refractivity contribution < 1.29 is 93.8 Å². The van der Waals surface area contributed by atoms with E-state index in [1.165, 1.54) is 0 Å². The fraction of sp³-hybridized carbons (Fsp3) is 0.121. The molecule has 0 spiro atoms. The zero-order valence-electron chi connectivity index (χ0n) is 33.8. The molecule has 8 N–H and O–H groups in total. The van der Waals surface area contributed by atoms with Crippen LogP contribution in [0.3, 0.4) is 0 Å². The number of nitrogens with two attached hydrogens (primary N) is 2. The molecule has 35 heteroatoms. The highest BCUT2D eigenvalue weighted by Crippen LogP contribution is 2.49. The summed E-state index contributed by atoms with van der Waals surface area (Å²) in [5, 5.41) is 34.2. The molecule has 30 nitrogen and oxygen atoms in total. The number of carbonyl (C=O) groups is 1. The summed E-state index contributed by atoms with van der Waals surface area (Å²) < 4.78 is 155. The van der Waals surface area contributed by atoms with E-state index < -0.39 is 126 Å². The summed E-state index contributed by atoms with van der Waals surface area (Å²) in [6.07, 6.45) is 1.58. The second-order valence-corrected chi connectivity index (χ2v) is 20.1. The number of benzene rings is 4. The van der Waals surface area contributed by atoms with E-state index >= 15 is 0 Å². The number of carboxylic acids is 1. The molecule has 0 atom stereocenters. The summed E-state index contributed by atoms with van der Waals surface area (Å²) >= 11 is 0. The molecule has 0 aliphatic heterocycles. The summed E-state index contributed by atoms with van der Waals surface area (Å²) in [6.45, 7) is 4.66. The number of azo groups is 3. The van der Waals surface area contributed by atoms with Crippen molar-refractivity contribution in [1.82, 2.24) is 0 Å². The molecular weight excluding hydrogens is 1020 g/mol. The van der Waals surface area contributed by atoms with Gasteiger partial charge in [0.25, 0.3) is 10.1 Å². The normalized spacial score (nSPS) is 12.7. The van der Waals surface area contributed by atoms with Crippen molar-refractivity contribution in [2.24, 2.45) is 30.7 Å². The molecule has 4 aromatic carbocycles. The second kappa shape index (κ2) is 22.3. The molecular formula is C33H33N9O21S5. The number of nitrogen functional groups attached to an aromatic ring is 2. The molecule has 0 saturated heterocycles. The van der Waals surface area contributed by atoms with Crippen LogP contribution >= 0.6 is 0 Å². The van der Waals surface area contributed by atoms with Crippen LogP contribution in [-0.4, -0.2) is 91.5 Å². The van der Waals surface area contributed by atoms with Gasteiger partial charge in [-0.25, -0.2) is 30.0 Å². The average molecular weight is 1050 g/mol. The Morgan fingerprint density at radius 1 is 0.603 bits per heavy atom. The number of rotatable bonds is 25. The zero-order chi connectivity index (χ0) is 50.7. The van der Waals surface area contributed by atoms with Gasteiger partial charge in [0.1, 0.15) is 51.4 Å². The first kappa shape index (κ1) is 53.7. The van der Waals surface area contributed by atoms with Crippen molar-refractivity contribution in [3.8, 4) is 0 Å². The molecule has 4 rings (SSSR count). The first-order chi connectivity index (χ1) is 31.7. The van der Waals surface area contributed by atoms with Crippen molar-refractivity contribution in [3.05, 3.63) is 98.0 Å². The molecule has 0 heterocycles. The van der Waals surface area contributed by atoms with Crippen molar-refractivity contribution >= 4 is 108 Å². The van der Waals surface area contributed by atoms with E-state index in [2.05, 4.69) is 62.0 Å². The second-order valence-electron chi connectivity index (χ2n) is 12.3. The Balaban J connectivity index is 1.87. The minimum atomic E-state index is -5.22. The van der Waals surface area contributed by atoms with Gasteiger partial charge in [-0.1, -0.05) is 13.2 Å². The predicted octanol–water partition coefficient (Wildman–Crippen LogP) is 5.05. The minimum Gasteiger partial charge on any atom is -0.478 e. The van der Waals surface area contributed by atoms with Gasteiger partial charge in [-0.05, 0) is 81.9 Å². The van der Waals surface area contributed by atoms with E-state index in [1.54, 1.807) is 0 Å². The number of carboxylic acid groups (broad SMARTS) is 1. The van der Waals surface area contributed by atoms with Crippen LogP contribution in [0.5, 0.6) is 0 Å². The van der Waals surface area contributed by atoms with Crippen LogP contribution in [0.2, 0.25) is 0 Å². The summed E-state index contributed by atoms with van der Waals surface area (Å²) in [5.41, 5.74) is 6.98. The number of hydrogen-bond acceptors (Lipinski definition) is 26. The summed E-state index contributed by atoms with van der Waals surface area (Å²) in [7, 11) is -23.4. The van der Waals surface area contributed by atoms with Gasteiger partial charge in [0.15, 0.2) is 19.7 Å². The topological polar surface area (TPSA) is 454 Å². The van der Waals surface area contributed by atoms with E-state index in [0.717, 1.165) is 73.2 Å². The minimum absolute atomic E-state index is 0.0953. The van der Waals surface area contributed by atoms with Crippen LogP contribution in [0, 0.1) is 0 Å². The summed E-state index contributed by atoms with van der Waals surface area (Å²) in [6, 6.07) is 11.2. The molecule has 0 aromatic heterocycles. The Morgan fingerprint density at radius 2 is 1.01 bits per heavy atom. The molecule has 0 aliphatic rings. The molecule has 0 amide bonds. The van der Waals surface area contributed by atoms with Crippen LogP contribution in [0.4, 0.5) is 51.2 Å². The van der Waals surface area contributed by atoms with Crippen LogP contribution in [0.25, 0.3) is 0 Å². The van der Waals surface area contributed by atoms with Gasteiger partial charge in [0, 0.05) is 0 Å². The van der Waals surface area contributed by atoms with E-state index in [1.807, 2.05) is 0 Å². The highest BCUT2D eigenvalue weighted by atomic mass is 32.3. The van der Waals surface area contributed by atoms with E-state index in [9.17, 15) is 56.5 Å². The highest BCUT2D eigenvalue weighted by molar-refractivity contribution is 7.91. The van der Waals surface area contributed by atoms with Crippen LogP contribution in [0.15, 0.2) is 138 Å². The molecule has 4 aromatic rings. The largest absolute Gasteiger partial charge is 0.478 e. The monoisotopic (exact) mass is 1050 g/mol.